The van der Waals surface area contributed by atoms with Gasteiger partial charge in [0.05, 0.1) is 26.4 Å². The largest absolute Gasteiger partial charge is 1.00 e. The second-order valence-electron chi connectivity index (χ2n) is 18.0. The molecule has 0 bridgehead atoms. The Bertz CT molecular complexity index is 4670. The molecule has 4 aliphatic rings. The van der Waals surface area contributed by atoms with Gasteiger partial charge in [0, 0.05) is 0 Å². The molecule has 0 aromatic heterocycles. The van der Waals surface area contributed by atoms with E-state index in [4.69, 9.17) is 28.4 Å². The summed E-state index contributed by atoms with van der Waals surface area (Å²) in [4.78, 5) is 0. The first-order chi connectivity index (χ1) is 44.7. The van der Waals surface area contributed by atoms with Crippen molar-refractivity contribution in [3.63, 3.8) is 0 Å². The van der Waals surface area contributed by atoms with Crippen LogP contribution in [-0.2, 0) is 237 Å². The van der Waals surface area contributed by atoms with Crippen LogP contribution in [0.15, 0.2) is 0 Å². The Kier molecular flexibility index (Phi) is 78.1. The van der Waals surface area contributed by atoms with Crippen LogP contribution in [-0.4, -0.2) is 331 Å². The summed E-state index contributed by atoms with van der Waals surface area (Å²) in [6, 6.07) is 0. The Balaban J connectivity index is -0.000000858. The molecule has 20 atom stereocenters. The summed E-state index contributed by atoms with van der Waals surface area (Å²) in [6.07, 6.45) is -78.0. The number of rotatable bonds is 38. The molecule has 0 radical (unpaired) electrons. The average molecular weight is 2100 g/mol. The van der Waals surface area contributed by atoms with Gasteiger partial charge in [0.15, 0.2) is 43.3 Å². The van der Waals surface area contributed by atoms with Crippen LogP contribution < -0.4 is 414 Å². The molecule has 4 fully saturated rings. The third-order valence-electron chi connectivity index (χ3n) is 11.0. The normalized spacial score (nSPS) is 28.5. The van der Waals surface area contributed by atoms with Crippen molar-refractivity contribution in [2.24, 2.45) is 0 Å². The summed E-state index contributed by atoms with van der Waals surface area (Å²) in [5.41, 5.74) is 0. The van der Waals surface area contributed by atoms with Crippen LogP contribution in [0.4, 0.5) is 0 Å². The Morgan fingerprint density at radius 2 is 0.296 bits per heavy atom. The van der Waals surface area contributed by atoms with Gasteiger partial charge >= 0.3 is 414 Å². The second kappa shape index (κ2) is 60.0. The van der Waals surface area contributed by atoms with Crippen LogP contribution in [0, 0.1) is 0 Å². The van der Waals surface area contributed by atoms with Gasteiger partial charge in [-0.2, -0.15) is 0 Å². The molecule has 0 aromatic carbocycles. The quantitative estimate of drug-likeness (QED) is 0.0315. The van der Waals surface area contributed by atoms with Gasteiger partial charge in [-0.3, -0.25) is 54.4 Å². The zero-order valence-corrected chi connectivity index (χ0v) is 99.2. The molecule has 115 heavy (non-hydrogen) atoms. The van der Waals surface area contributed by atoms with Crippen LogP contribution >= 0.6 is 0 Å². The van der Waals surface area contributed by atoms with Crippen LogP contribution in [0.25, 0.3) is 0 Å². The van der Waals surface area contributed by atoms with Gasteiger partial charge in [0.1, 0.15) is 73.2 Å². The van der Waals surface area contributed by atoms with Crippen molar-refractivity contribution in [2.75, 3.05) is 26.4 Å². The van der Waals surface area contributed by atoms with Crippen molar-refractivity contribution in [1.29, 1.82) is 0 Å². The number of ether oxygens (including phenoxy) is 7. The van der Waals surface area contributed by atoms with E-state index in [1.807, 2.05) is 0 Å². The van der Waals surface area contributed by atoms with Crippen molar-refractivity contribution >= 4 is 146 Å². The molecule has 0 unspecified atom stereocenters. The number of hydrogen-bond donors (Lipinski definition) is 0. The van der Waals surface area contributed by atoms with Gasteiger partial charge in [0.2, 0.25) is 152 Å². The van der Waals surface area contributed by atoms with E-state index < -0.39 is 295 Å². The summed E-state index contributed by atoms with van der Waals surface area (Å²) in [7, 11) is -95.4. The molecule has 0 aliphatic carbocycles. The third-order valence-corrected chi connectivity index (χ3v) is 17.3. The fraction of sp³-hybridized carbons (Fsp3) is 1.00. The molecule has 0 aromatic rings. The summed E-state index contributed by atoms with van der Waals surface area (Å²) in [6.45, 7) is -10.0. The minimum Gasteiger partial charge on any atom is -0.726 e. The Hall–Kier alpha value is 11.9. The molecule has 600 valence electrons. The monoisotopic (exact) mass is 2090 g/mol. The van der Waals surface area contributed by atoms with E-state index >= 15 is 0 Å². The molecule has 4 aliphatic heterocycles. The summed E-state index contributed by atoms with van der Waals surface area (Å²) in [5.74, 6) is 0. The third kappa shape index (κ3) is 61.1. The first-order valence-electron chi connectivity index (χ1n) is 23.1. The molecule has 63 nitrogen and oxygen atoms in total. The average Bonchev–Trinajstić information content (AvgIpc) is 0.757. The van der Waals surface area contributed by atoms with Crippen molar-refractivity contribution in [3.8, 4) is 0 Å². The van der Waals surface area contributed by atoms with Gasteiger partial charge in [0.25, 0.3) is 0 Å². The van der Waals surface area contributed by atoms with Crippen molar-refractivity contribution in [3.05, 3.63) is 0 Å². The summed E-state index contributed by atoms with van der Waals surface area (Å²) in [5, 5.41) is 0. The van der Waals surface area contributed by atoms with E-state index in [-0.39, 0.29) is 414 Å². The molecule has 0 saturated carbocycles. The van der Waals surface area contributed by atoms with E-state index in [0.717, 1.165) is 0 Å². The summed E-state index contributed by atoms with van der Waals surface area (Å²) >= 11 is 0. The van der Waals surface area contributed by atoms with Crippen LogP contribution in [0.2, 0.25) is 0 Å². The molecule has 4 saturated heterocycles. The van der Waals surface area contributed by atoms with Gasteiger partial charge in [-0.15, -0.1) is 0 Å². The van der Waals surface area contributed by atoms with E-state index in [1.54, 1.807) is 0 Å². The minimum absolute atomic E-state index is 0. The second-order valence-corrected chi connectivity index (χ2v) is 32.3. The molecule has 0 N–H and O–H groups in total. The fourth-order valence-corrected chi connectivity index (χ4v) is 14.3. The molecular weight excluding hydrogens is 2070 g/mol. The maximum atomic E-state index is 12.6. The van der Waals surface area contributed by atoms with E-state index in [9.17, 15) is 182 Å². The predicted octanol–water partition coefficient (Wildman–Crippen LogP) is -58.9. The van der Waals surface area contributed by atoms with Crippen LogP contribution in [0.1, 0.15) is 0 Å². The Labute approximate surface area is 962 Å². The van der Waals surface area contributed by atoms with Gasteiger partial charge in [-0.25, -0.2) is 122 Å². The topological polar surface area (TPSA) is 995 Å². The Morgan fingerprint density at radius 3 is 0.461 bits per heavy atom. The molecule has 4 heterocycles. The van der Waals surface area contributed by atoms with Crippen molar-refractivity contribution in [1.82, 2.24) is 0 Å². The number of hydrogen-bond acceptors (Lipinski definition) is 63. The molecule has 0 spiro atoms. The predicted molar refractivity (Wildman–Crippen MR) is 254 cm³/mol. The van der Waals surface area contributed by atoms with E-state index in [2.05, 4.69) is 63.3 Å². The van der Waals surface area contributed by atoms with Crippen molar-refractivity contribution in [2.45, 2.75) is 123 Å². The van der Waals surface area contributed by atoms with Gasteiger partial charge in [-0.1, -0.05) is 0 Å². The maximum Gasteiger partial charge on any atom is 1.00 e. The zero-order chi connectivity index (χ0) is 78.2. The zero-order valence-electron chi connectivity index (χ0n) is 59.8. The first-order valence-corrected chi connectivity index (χ1v) is 41.8. The van der Waals surface area contributed by atoms with Gasteiger partial charge < -0.3 is 96.9 Å². The summed E-state index contributed by atoms with van der Waals surface area (Å²) < 4.78 is 596. The van der Waals surface area contributed by atoms with Crippen molar-refractivity contribution < 1.29 is 687 Å². The fourth-order valence-electron chi connectivity index (χ4n) is 8.32. The Morgan fingerprint density at radius 1 is 0.165 bits per heavy atom. The SMILES string of the molecule is O=S(=O)([O-])OC[C@@H]1O[C@H](O[C@H]2[C@H](OS(=O)(=O)[O-])[C@H](OS(=O)(=O)[O-])[C@@H](O[C@H]3[C@H](OS(=O)(=O)[O-])[C@H](OS(=O)(=O)[O-])[C@@H](OS(=O)(=O)[O-])O[C@@H]3COS(=O)(=O)[O-])O[C@H]2COS(=O)(=O)[O-])[C@@H](OS(=O)(=O)[O-])[C@@H](OS(=O)(=O)[O-])[C@@H]1O[C@H]1O[C@@H](COS(=O)(=O)[O-])[C@@H](OS(=O)(=O)[O-])[C@H](OS(=O)(=O)[O-])[C@@H]1OS(=O)(=O)[O-].[Na+].[Na+].[Na+].[Na+].[Na+].[Na+].[Na+].[Na+].[Na+].[Na+].[Na+].[Na+].[Na+].[Na+]. The standard InChI is InChI=1S/C24H42O63S14.14Na/c25-88(26,27)67-1-5-9(13(79-93(40,41)42)18(84-98(55,56)57)22(72-5)77-11-7(3-69-90(31,32)33)74-24(87-101(64,65)66)20(86-100(61,62)63)15(11)81-95(46,47)48)75-21-17(83-97(52,53)54)14(80-94(43,44)45)10(6(71-21)2-68-89(28,29)30)76-23-19(85-99(58,59)60)16(82-96(49,50)51)12(78-92(37,38)39)8(73-23)4-70-91(34,35)36;;;;;;;;;;;;;;/h5-24H,1-4H2,(H,25,26,27)(H,28,29,30)(H,31,32,33)(H,34,35,36)(H,37,38,39)(H,40,41,42)(H,43,44,45)(H,46,47,48)(H,49,50,51)(H,52,53,54)(H,55,56,57)(H,58,59,60)(H,61,62,63)(H,64,65,66);;;;;;;;;;;;;;/q;14*+1/p-14/t5-,6-,7+,8-,9+,10+,11+,12+,13-,14-,15-,16-,17-,18-,19-,20-,21+,22+,23+,24+;;;;;;;;;;;;;;/m0............../s1. The smallest absolute Gasteiger partial charge is 0.726 e. The van der Waals surface area contributed by atoms with Crippen LogP contribution in [0.5, 0.6) is 0 Å². The van der Waals surface area contributed by atoms with Gasteiger partial charge in [-0.05, 0) is 0 Å². The molecule has 0 amide bonds. The molecule has 91 heteroatoms. The van der Waals surface area contributed by atoms with E-state index in [1.165, 1.54) is 0 Å². The molecular formula is C24H28Na14O63S14. The minimum atomic E-state index is -7.17. The first kappa shape index (κ1) is 150. The maximum absolute atomic E-state index is 12.6. The van der Waals surface area contributed by atoms with Crippen LogP contribution in [0.3, 0.4) is 0 Å². The molecule has 4 rings (SSSR count). The van der Waals surface area contributed by atoms with E-state index in [0.29, 0.717) is 0 Å².